The van der Waals surface area contributed by atoms with Crippen LogP contribution in [0.2, 0.25) is 0 Å². The third-order valence-electron chi connectivity index (χ3n) is 2.82. The molecule has 6 heteroatoms. The molecule has 19 heavy (non-hydrogen) atoms. The highest BCUT2D eigenvalue weighted by Gasteiger charge is 2.21. The van der Waals surface area contributed by atoms with Gasteiger partial charge in [0.25, 0.3) is 0 Å². The third kappa shape index (κ3) is 2.35. The molecule has 100 valence electrons. The molecule has 0 unspecified atom stereocenters. The van der Waals surface area contributed by atoms with Gasteiger partial charge >= 0.3 is 5.97 Å². The molecule has 0 aliphatic heterocycles. The highest BCUT2D eigenvalue weighted by Crippen LogP contribution is 2.38. The minimum Gasteiger partial charge on any atom is -0.496 e. The number of aryl methyl sites for hydroxylation is 2. The van der Waals surface area contributed by atoms with E-state index >= 15 is 0 Å². The number of aromatic amines is 1. The summed E-state index contributed by atoms with van der Waals surface area (Å²) in [6.45, 7) is 3.91. The van der Waals surface area contributed by atoms with Crippen molar-refractivity contribution in [2.24, 2.45) is 0 Å². The van der Waals surface area contributed by atoms with Crippen molar-refractivity contribution in [2.45, 2.75) is 13.8 Å². The quantitative estimate of drug-likeness (QED) is 0.909. The van der Waals surface area contributed by atoms with Gasteiger partial charge in [-0.05, 0) is 47.0 Å². The zero-order valence-electron chi connectivity index (χ0n) is 10.7. The lowest BCUT2D eigenvalue weighted by Gasteiger charge is -2.11. The van der Waals surface area contributed by atoms with Crippen LogP contribution in [0.3, 0.4) is 0 Å². The van der Waals surface area contributed by atoms with E-state index in [-0.39, 0.29) is 5.69 Å². The van der Waals surface area contributed by atoms with Crippen molar-refractivity contribution in [1.82, 2.24) is 10.2 Å². The SMILES string of the molecule is COc1cc(C)cc(C)c1-c1n[nH]c(C(=O)O)c1Br. The largest absolute Gasteiger partial charge is 0.496 e. The Balaban J connectivity index is 2.69. The number of hydrogen-bond donors (Lipinski definition) is 2. The maximum Gasteiger partial charge on any atom is 0.355 e. The maximum atomic E-state index is 11.0. The third-order valence-corrected chi connectivity index (χ3v) is 3.59. The number of benzene rings is 1. The number of aromatic nitrogens is 2. The van der Waals surface area contributed by atoms with E-state index < -0.39 is 5.97 Å². The first kappa shape index (κ1) is 13.6. The molecule has 0 atom stereocenters. The second kappa shape index (κ2) is 5.05. The van der Waals surface area contributed by atoms with Crippen molar-refractivity contribution in [3.05, 3.63) is 33.4 Å². The van der Waals surface area contributed by atoms with Gasteiger partial charge in [-0.3, -0.25) is 5.10 Å². The lowest BCUT2D eigenvalue weighted by molar-refractivity contribution is 0.0689. The van der Waals surface area contributed by atoms with Crippen LogP contribution in [0.1, 0.15) is 21.6 Å². The van der Waals surface area contributed by atoms with Gasteiger partial charge in [-0.15, -0.1) is 0 Å². The number of nitrogens with zero attached hydrogens (tertiary/aromatic N) is 1. The monoisotopic (exact) mass is 324 g/mol. The first-order valence-electron chi connectivity index (χ1n) is 5.58. The number of rotatable bonds is 3. The molecule has 0 radical (unpaired) electrons. The van der Waals surface area contributed by atoms with E-state index in [1.807, 2.05) is 26.0 Å². The van der Waals surface area contributed by atoms with Crippen LogP contribution in [-0.2, 0) is 0 Å². The van der Waals surface area contributed by atoms with E-state index in [4.69, 9.17) is 9.84 Å². The maximum absolute atomic E-state index is 11.0. The molecule has 1 aromatic carbocycles. The Hall–Kier alpha value is -1.82. The Kier molecular flexibility index (Phi) is 3.61. The van der Waals surface area contributed by atoms with Crippen molar-refractivity contribution >= 4 is 21.9 Å². The molecule has 2 rings (SSSR count). The molecule has 0 aliphatic rings. The average molecular weight is 325 g/mol. The number of methoxy groups -OCH3 is 1. The number of carboxylic acid groups (broad SMARTS) is 1. The van der Waals surface area contributed by atoms with Crippen LogP contribution in [0.15, 0.2) is 16.6 Å². The average Bonchev–Trinajstić information content (AvgIpc) is 2.70. The summed E-state index contributed by atoms with van der Waals surface area (Å²) < 4.78 is 5.79. The van der Waals surface area contributed by atoms with Gasteiger partial charge in [-0.2, -0.15) is 5.10 Å². The van der Waals surface area contributed by atoms with Crippen molar-refractivity contribution in [2.75, 3.05) is 7.11 Å². The van der Waals surface area contributed by atoms with E-state index in [0.717, 1.165) is 16.7 Å². The Morgan fingerprint density at radius 2 is 2.11 bits per heavy atom. The van der Waals surface area contributed by atoms with Gasteiger partial charge in [-0.25, -0.2) is 4.79 Å². The fraction of sp³-hybridized carbons (Fsp3) is 0.231. The van der Waals surface area contributed by atoms with Gasteiger partial charge < -0.3 is 9.84 Å². The highest BCUT2D eigenvalue weighted by atomic mass is 79.9. The first-order valence-corrected chi connectivity index (χ1v) is 6.37. The normalized spacial score (nSPS) is 10.5. The summed E-state index contributed by atoms with van der Waals surface area (Å²) in [4.78, 5) is 11.0. The van der Waals surface area contributed by atoms with E-state index in [1.165, 1.54) is 0 Å². The van der Waals surface area contributed by atoms with Crippen molar-refractivity contribution in [3.63, 3.8) is 0 Å². The molecule has 0 fully saturated rings. The van der Waals surface area contributed by atoms with Gasteiger partial charge in [0.2, 0.25) is 0 Å². The first-order chi connectivity index (χ1) is 8.95. The fourth-order valence-corrected chi connectivity index (χ4v) is 2.57. The number of aromatic carboxylic acids is 1. The summed E-state index contributed by atoms with van der Waals surface area (Å²) in [5, 5.41) is 15.6. The molecule has 1 aromatic heterocycles. The van der Waals surface area contributed by atoms with Gasteiger partial charge in [0, 0.05) is 5.56 Å². The number of ether oxygens (including phenoxy) is 1. The summed E-state index contributed by atoms with van der Waals surface area (Å²) in [7, 11) is 1.58. The standard InChI is InChI=1S/C13H13BrN2O3/c1-6-4-7(2)9(8(5-6)19-3)11-10(14)12(13(17)18)16-15-11/h4-5H,1-3H3,(H,15,16)(H,17,18). The van der Waals surface area contributed by atoms with E-state index in [0.29, 0.717) is 15.9 Å². The number of nitrogens with one attached hydrogen (secondary N) is 1. The van der Waals surface area contributed by atoms with Gasteiger partial charge in [0.1, 0.15) is 11.4 Å². The number of carboxylic acids is 1. The van der Waals surface area contributed by atoms with E-state index in [9.17, 15) is 4.79 Å². The van der Waals surface area contributed by atoms with Gasteiger partial charge in [0.15, 0.2) is 5.69 Å². The number of carbonyl (C=O) groups is 1. The molecule has 0 bridgehead atoms. The summed E-state index contributed by atoms with van der Waals surface area (Å²) in [5.74, 6) is -0.393. The van der Waals surface area contributed by atoms with Crippen LogP contribution in [-0.4, -0.2) is 28.4 Å². The Morgan fingerprint density at radius 3 is 2.63 bits per heavy atom. The van der Waals surface area contributed by atoms with Crippen LogP contribution >= 0.6 is 15.9 Å². The molecule has 0 spiro atoms. The van der Waals surface area contributed by atoms with Crippen molar-refractivity contribution in [1.29, 1.82) is 0 Å². The second-order valence-corrected chi connectivity index (χ2v) is 5.02. The molecule has 2 N–H and O–H groups in total. The summed E-state index contributed by atoms with van der Waals surface area (Å²) in [6, 6.07) is 3.89. The van der Waals surface area contributed by atoms with Crippen LogP contribution < -0.4 is 4.74 Å². The molecule has 1 heterocycles. The van der Waals surface area contributed by atoms with Crippen molar-refractivity contribution < 1.29 is 14.6 Å². The van der Waals surface area contributed by atoms with Gasteiger partial charge in [0.05, 0.1) is 11.6 Å². The lowest BCUT2D eigenvalue weighted by atomic mass is 10.0. The molecule has 0 saturated heterocycles. The molecule has 0 amide bonds. The zero-order chi connectivity index (χ0) is 14.2. The minimum atomic E-state index is -1.06. The lowest BCUT2D eigenvalue weighted by Crippen LogP contribution is -1.97. The van der Waals surface area contributed by atoms with Crippen LogP contribution in [0.25, 0.3) is 11.3 Å². The fourth-order valence-electron chi connectivity index (χ4n) is 2.03. The Labute approximate surface area is 118 Å². The molecular weight excluding hydrogens is 312 g/mol. The van der Waals surface area contributed by atoms with Crippen LogP contribution in [0.5, 0.6) is 5.75 Å². The summed E-state index contributed by atoms with van der Waals surface area (Å²) in [6.07, 6.45) is 0. The topological polar surface area (TPSA) is 75.2 Å². The second-order valence-electron chi connectivity index (χ2n) is 4.23. The Bertz CT molecular complexity index is 650. The van der Waals surface area contributed by atoms with Crippen LogP contribution in [0, 0.1) is 13.8 Å². The Morgan fingerprint density at radius 1 is 1.42 bits per heavy atom. The summed E-state index contributed by atoms with van der Waals surface area (Å²) in [5.41, 5.74) is 3.39. The van der Waals surface area contributed by atoms with Gasteiger partial charge in [-0.1, -0.05) is 6.07 Å². The van der Waals surface area contributed by atoms with Crippen LogP contribution in [0.4, 0.5) is 0 Å². The highest BCUT2D eigenvalue weighted by molar-refractivity contribution is 9.10. The molecular formula is C13H13BrN2O3. The number of H-pyrrole nitrogens is 1. The van der Waals surface area contributed by atoms with Crippen molar-refractivity contribution in [3.8, 4) is 17.0 Å². The minimum absolute atomic E-state index is 0.0250. The number of hydrogen-bond acceptors (Lipinski definition) is 3. The molecule has 0 saturated carbocycles. The molecule has 2 aromatic rings. The number of halogens is 1. The molecule has 0 aliphatic carbocycles. The zero-order valence-corrected chi connectivity index (χ0v) is 12.3. The predicted molar refractivity (Wildman–Crippen MR) is 74.7 cm³/mol. The smallest absolute Gasteiger partial charge is 0.355 e. The predicted octanol–water partition coefficient (Wildman–Crippen LogP) is 3.16. The summed E-state index contributed by atoms with van der Waals surface area (Å²) >= 11 is 3.27. The van der Waals surface area contributed by atoms with E-state index in [2.05, 4.69) is 26.1 Å². The van der Waals surface area contributed by atoms with E-state index in [1.54, 1.807) is 7.11 Å². The molecule has 5 nitrogen and oxygen atoms in total.